The zero-order valence-corrected chi connectivity index (χ0v) is 8.57. The summed E-state index contributed by atoms with van der Waals surface area (Å²) in [5, 5.41) is 0. The molecule has 0 aliphatic carbocycles. The van der Waals surface area contributed by atoms with Gasteiger partial charge in [-0.25, -0.2) is 0 Å². The first-order valence-electron chi connectivity index (χ1n) is 4.47. The number of thioether (sulfide) groups is 1. The summed E-state index contributed by atoms with van der Waals surface area (Å²) in [6.45, 7) is 0.728. The van der Waals surface area contributed by atoms with Crippen molar-refractivity contribution in [3.8, 4) is 0 Å². The van der Waals surface area contributed by atoms with Crippen molar-refractivity contribution in [1.29, 1.82) is 0 Å². The maximum atomic E-state index is 12.3. The molecule has 1 nitrogen and oxygen atoms in total. The summed E-state index contributed by atoms with van der Waals surface area (Å²) in [5.41, 5.74) is -0.593. The fourth-order valence-corrected chi connectivity index (χ4v) is 2.07. The molecule has 2 rings (SSSR count). The van der Waals surface area contributed by atoms with Crippen LogP contribution in [0, 0.1) is 0 Å². The zero-order valence-electron chi connectivity index (χ0n) is 7.75. The molecule has 0 aromatic heterocycles. The number of rotatable bonds is 3. The van der Waals surface area contributed by atoms with Gasteiger partial charge in [-0.2, -0.15) is 13.2 Å². The van der Waals surface area contributed by atoms with Gasteiger partial charge >= 0.3 is 6.18 Å². The van der Waals surface area contributed by atoms with Crippen LogP contribution in [0.1, 0.15) is 5.56 Å². The van der Waals surface area contributed by atoms with E-state index in [4.69, 9.17) is 4.74 Å². The normalized spacial score (nSPS) is 20.3. The molecule has 0 spiro atoms. The number of halogens is 3. The molecule has 0 bridgehead atoms. The first kappa shape index (κ1) is 10.8. The highest BCUT2D eigenvalue weighted by Crippen LogP contribution is 2.32. The largest absolute Gasteiger partial charge is 0.416 e. The Morgan fingerprint density at radius 1 is 1.40 bits per heavy atom. The van der Waals surface area contributed by atoms with Crippen molar-refractivity contribution in [3.05, 3.63) is 29.8 Å². The number of hydrogen-bond donors (Lipinski definition) is 0. The van der Waals surface area contributed by atoms with Gasteiger partial charge in [0.25, 0.3) is 0 Å². The Morgan fingerprint density at radius 3 is 2.73 bits per heavy atom. The first-order valence-corrected chi connectivity index (χ1v) is 5.46. The van der Waals surface area contributed by atoms with Gasteiger partial charge in [-0.05, 0) is 18.2 Å². The molecule has 1 heterocycles. The highest BCUT2D eigenvalue weighted by Gasteiger charge is 2.30. The molecular weight excluding hydrogens is 225 g/mol. The first-order chi connectivity index (χ1) is 7.05. The molecule has 0 saturated carbocycles. The Kier molecular flexibility index (Phi) is 2.93. The third kappa shape index (κ3) is 3.14. The molecule has 1 aromatic carbocycles. The minimum absolute atomic E-state index is 0.226. The van der Waals surface area contributed by atoms with Crippen LogP contribution in [0.25, 0.3) is 0 Å². The highest BCUT2D eigenvalue weighted by molar-refractivity contribution is 7.99. The average Bonchev–Trinajstić information content (AvgIpc) is 2.97. The van der Waals surface area contributed by atoms with Gasteiger partial charge in [-0.3, -0.25) is 0 Å². The molecule has 1 aromatic rings. The van der Waals surface area contributed by atoms with E-state index < -0.39 is 11.7 Å². The molecule has 1 aliphatic heterocycles. The summed E-state index contributed by atoms with van der Waals surface area (Å²) in [4.78, 5) is 0.639. The molecule has 1 fully saturated rings. The summed E-state index contributed by atoms with van der Waals surface area (Å²) in [7, 11) is 0. The molecule has 5 heteroatoms. The van der Waals surface area contributed by atoms with E-state index in [2.05, 4.69) is 0 Å². The van der Waals surface area contributed by atoms with Crippen molar-refractivity contribution in [3.63, 3.8) is 0 Å². The van der Waals surface area contributed by atoms with E-state index >= 15 is 0 Å². The Bertz CT molecular complexity index is 347. The summed E-state index contributed by atoms with van der Waals surface area (Å²) >= 11 is 1.40. The van der Waals surface area contributed by atoms with Crippen LogP contribution >= 0.6 is 11.8 Å². The second kappa shape index (κ2) is 4.06. The SMILES string of the molecule is FC(F)(F)c1cccc(SC[C@@H]2CO2)c1. The number of hydrogen-bond acceptors (Lipinski definition) is 2. The van der Waals surface area contributed by atoms with E-state index in [1.165, 1.54) is 23.9 Å². The number of benzene rings is 1. The van der Waals surface area contributed by atoms with Crippen molar-refractivity contribution in [2.45, 2.75) is 17.2 Å². The van der Waals surface area contributed by atoms with Crippen LogP contribution in [0.2, 0.25) is 0 Å². The lowest BCUT2D eigenvalue weighted by Gasteiger charge is -2.07. The quantitative estimate of drug-likeness (QED) is 0.588. The van der Waals surface area contributed by atoms with Crippen LogP contribution in [-0.4, -0.2) is 18.5 Å². The van der Waals surface area contributed by atoms with Crippen LogP contribution < -0.4 is 0 Å². The van der Waals surface area contributed by atoms with Gasteiger partial charge in [0.1, 0.15) is 0 Å². The Balaban J connectivity index is 2.04. The maximum Gasteiger partial charge on any atom is 0.416 e. The van der Waals surface area contributed by atoms with Crippen molar-refractivity contribution in [1.82, 2.24) is 0 Å². The lowest BCUT2D eigenvalue weighted by atomic mass is 10.2. The lowest BCUT2D eigenvalue weighted by molar-refractivity contribution is -0.137. The van der Waals surface area contributed by atoms with E-state index in [0.29, 0.717) is 4.90 Å². The summed E-state index contributed by atoms with van der Waals surface area (Å²) in [6, 6.07) is 5.37. The molecule has 0 unspecified atom stereocenters. The molecule has 0 N–H and O–H groups in total. The Morgan fingerprint density at radius 2 is 2.13 bits per heavy atom. The Labute approximate surface area is 89.6 Å². The van der Waals surface area contributed by atoms with E-state index in [1.807, 2.05) is 0 Å². The van der Waals surface area contributed by atoms with Crippen LogP contribution in [0.3, 0.4) is 0 Å². The molecule has 1 saturated heterocycles. The van der Waals surface area contributed by atoms with Gasteiger partial charge in [0.2, 0.25) is 0 Å². The summed E-state index contributed by atoms with van der Waals surface area (Å²) in [6.07, 6.45) is -4.03. The van der Waals surface area contributed by atoms with Crippen LogP contribution in [0.5, 0.6) is 0 Å². The second-order valence-corrected chi connectivity index (χ2v) is 4.39. The van der Waals surface area contributed by atoms with Crippen molar-refractivity contribution >= 4 is 11.8 Å². The fraction of sp³-hybridized carbons (Fsp3) is 0.400. The van der Waals surface area contributed by atoms with Crippen molar-refractivity contribution in [2.24, 2.45) is 0 Å². The van der Waals surface area contributed by atoms with Gasteiger partial charge in [0.15, 0.2) is 0 Å². The number of alkyl halides is 3. The van der Waals surface area contributed by atoms with Crippen molar-refractivity contribution < 1.29 is 17.9 Å². The van der Waals surface area contributed by atoms with Gasteiger partial charge in [0.05, 0.1) is 18.3 Å². The monoisotopic (exact) mass is 234 g/mol. The van der Waals surface area contributed by atoms with E-state index in [0.717, 1.165) is 18.4 Å². The van der Waals surface area contributed by atoms with Crippen LogP contribution in [0.4, 0.5) is 13.2 Å². The molecule has 0 amide bonds. The molecule has 82 valence electrons. The second-order valence-electron chi connectivity index (χ2n) is 3.29. The summed E-state index contributed by atoms with van der Waals surface area (Å²) in [5.74, 6) is 0.724. The predicted molar refractivity (Wildman–Crippen MR) is 51.9 cm³/mol. The van der Waals surface area contributed by atoms with Crippen LogP contribution in [0.15, 0.2) is 29.2 Å². The van der Waals surface area contributed by atoms with E-state index in [-0.39, 0.29) is 6.10 Å². The smallest absolute Gasteiger partial charge is 0.372 e. The molecular formula is C10H9F3OS. The van der Waals surface area contributed by atoms with E-state index in [9.17, 15) is 13.2 Å². The van der Waals surface area contributed by atoms with Crippen molar-refractivity contribution in [2.75, 3.05) is 12.4 Å². The van der Waals surface area contributed by atoms with Gasteiger partial charge in [-0.1, -0.05) is 6.07 Å². The minimum atomic E-state index is -4.26. The van der Waals surface area contributed by atoms with E-state index in [1.54, 1.807) is 6.07 Å². The van der Waals surface area contributed by atoms with Gasteiger partial charge in [0, 0.05) is 10.6 Å². The van der Waals surface area contributed by atoms with Gasteiger partial charge in [-0.15, -0.1) is 11.8 Å². The average molecular weight is 234 g/mol. The zero-order chi connectivity index (χ0) is 10.9. The fourth-order valence-electron chi connectivity index (χ4n) is 1.12. The highest BCUT2D eigenvalue weighted by atomic mass is 32.2. The topological polar surface area (TPSA) is 12.5 Å². The molecule has 1 atom stereocenters. The Hall–Kier alpha value is -0.680. The predicted octanol–water partition coefficient (Wildman–Crippen LogP) is 3.20. The standard InChI is InChI=1S/C10H9F3OS/c11-10(12,13)7-2-1-3-9(4-7)15-6-8-5-14-8/h1-4,8H,5-6H2/t8-/m0/s1. The lowest BCUT2D eigenvalue weighted by Crippen LogP contribution is -2.04. The summed E-state index contributed by atoms with van der Waals surface area (Å²) < 4.78 is 42.0. The maximum absolute atomic E-state index is 12.3. The molecule has 15 heavy (non-hydrogen) atoms. The van der Waals surface area contributed by atoms with Gasteiger partial charge < -0.3 is 4.74 Å². The third-order valence-corrected chi connectivity index (χ3v) is 3.13. The minimum Gasteiger partial charge on any atom is -0.372 e. The number of ether oxygens (including phenoxy) is 1. The van der Waals surface area contributed by atoms with Crippen LogP contribution in [-0.2, 0) is 10.9 Å². The number of epoxide rings is 1. The third-order valence-electron chi connectivity index (χ3n) is 2.00. The molecule has 0 radical (unpaired) electrons. The molecule has 1 aliphatic rings.